The number of nitrogens with one attached hydrogen (secondary N) is 2. The SMILES string of the molecule is C#CCCCCCC(=O)NC(CN=[N+]=[N-])C(=O)NC1CC(C(=O)O)C(O)C(O)C1O. The van der Waals surface area contributed by atoms with Gasteiger partial charge in [0.05, 0.1) is 24.6 Å². The molecule has 0 heterocycles. The Hall–Kier alpha value is -2.84. The summed E-state index contributed by atoms with van der Waals surface area (Å²) in [4.78, 5) is 38.4. The molecule has 2 amide bonds. The monoisotopic (exact) mass is 425 g/mol. The van der Waals surface area contributed by atoms with E-state index >= 15 is 0 Å². The summed E-state index contributed by atoms with van der Waals surface area (Å²) in [6.07, 6.45) is 2.50. The molecule has 1 rings (SSSR count). The maximum absolute atomic E-state index is 12.5. The first-order valence-corrected chi connectivity index (χ1v) is 9.54. The van der Waals surface area contributed by atoms with E-state index in [2.05, 4.69) is 26.6 Å². The number of amides is 2. The van der Waals surface area contributed by atoms with Crippen molar-refractivity contribution >= 4 is 17.8 Å². The molecule has 0 aliphatic heterocycles. The van der Waals surface area contributed by atoms with Crippen LogP contribution in [0, 0.1) is 18.3 Å². The Labute approximate surface area is 173 Å². The maximum atomic E-state index is 12.5. The normalized spacial score (nSPS) is 26.5. The molecule has 6 N–H and O–H groups in total. The van der Waals surface area contributed by atoms with E-state index in [-0.39, 0.29) is 12.8 Å². The molecule has 0 aromatic carbocycles. The Kier molecular flexibility index (Phi) is 10.6. The highest BCUT2D eigenvalue weighted by Gasteiger charge is 2.46. The number of carbonyl (C=O) groups is 3. The quantitative estimate of drug-likeness (QED) is 0.0802. The van der Waals surface area contributed by atoms with Crippen LogP contribution in [0.3, 0.4) is 0 Å². The van der Waals surface area contributed by atoms with Crippen molar-refractivity contribution in [3.8, 4) is 12.3 Å². The number of azide groups is 1. The summed E-state index contributed by atoms with van der Waals surface area (Å²) in [6, 6.07) is -2.44. The lowest BCUT2D eigenvalue weighted by Gasteiger charge is -2.39. The number of nitrogens with zero attached hydrogens (tertiary/aromatic N) is 3. The van der Waals surface area contributed by atoms with Crippen LogP contribution in [0.5, 0.6) is 0 Å². The number of terminal acetylenes is 1. The number of aliphatic hydroxyl groups is 3. The van der Waals surface area contributed by atoms with Crippen molar-refractivity contribution in [1.82, 2.24) is 10.6 Å². The van der Waals surface area contributed by atoms with Crippen LogP contribution in [0.25, 0.3) is 10.4 Å². The van der Waals surface area contributed by atoms with Crippen molar-refractivity contribution in [1.29, 1.82) is 0 Å². The van der Waals surface area contributed by atoms with Crippen LogP contribution < -0.4 is 10.6 Å². The minimum Gasteiger partial charge on any atom is -0.481 e. The lowest BCUT2D eigenvalue weighted by Crippen LogP contribution is -2.62. The first-order chi connectivity index (χ1) is 14.2. The van der Waals surface area contributed by atoms with Gasteiger partial charge in [-0.3, -0.25) is 14.4 Å². The second-order valence-electron chi connectivity index (χ2n) is 7.07. The van der Waals surface area contributed by atoms with Gasteiger partial charge in [0, 0.05) is 17.8 Å². The fourth-order valence-electron chi connectivity index (χ4n) is 3.17. The molecule has 0 spiro atoms. The smallest absolute Gasteiger partial charge is 0.309 e. The molecule has 1 aliphatic carbocycles. The zero-order chi connectivity index (χ0) is 22.7. The number of carboxylic acid groups (broad SMARTS) is 1. The third-order valence-corrected chi connectivity index (χ3v) is 4.88. The molecule has 12 nitrogen and oxygen atoms in total. The average Bonchev–Trinajstić information content (AvgIpc) is 2.70. The molecule has 1 saturated carbocycles. The second-order valence-corrected chi connectivity index (χ2v) is 7.07. The molecule has 12 heteroatoms. The minimum atomic E-state index is -1.78. The Bertz CT molecular complexity index is 704. The van der Waals surface area contributed by atoms with Gasteiger partial charge >= 0.3 is 5.97 Å². The molecular formula is C18H27N5O7. The number of carbonyl (C=O) groups excluding carboxylic acids is 2. The van der Waals surface area contributed by atoms with E-state index in [9.17, 15) is 29.7 Å². The van der Waals surface area contributed by atoms with Crippen LogP contribution in [-0.4, -0.2) is 75.2 Å². The zero-order valence-corrected chi connectivity index (χ0v) is 16.3. The third kappa shape index (κ3) is 7.53. The predicted molar refractivity (Wildman–Crippen MR) is 104 cm³/mol. The molecule has 1 fully saturated rings. The molecule has 1 aliphatic rings. The van der Waals surface area contributed by atoms with Crippen molar-refractivity contribution in [2.75, 3.05) is 6.54 Å². The number of hydrogen-bond acceptors (Lipinski definition) is 7. The van der Waals surface area contributed by atoms with Crippen LogP contribution in [0.1, 0.15) is 38.5 Å². The van der Waals surface area contributed by atoms with Gasteiger partial charge in [0.1, 0.15) is 18.2 Å². The molecule has 6 unspecified atom stereocenters. The topological polar surface area (TPSA) is 205 Å². The van der Waals surface area contributed by atoms with Gasteiger partial charge in [-0.1, -0.05) is 11.5 Å². The number of carboxylic acids is 1. The van der Waals surface area contributed by atoms with E-state index in [0.717, 1.165) is 12.8 Å². The summed E-state index contributed by atoms with van der Waals surface area (Å²) in [5.74, 6) is -1.57. The summed E-state index contributed by atoms with van der Waals surface area (Å²) in [5, 5.41) is 47.0. The van der Waals surface area contributed by atoms with Gasteiger partial charge in [0.25, 0.3) is 0 Å². The number of hydrogen-bond donors (Lipinski definition) is 6. The van der Waals surface area contributed by atoms with E-state index in [1.54, 1.807) is 0 Å². The van der Waals surface area contributed by atoms with Crippen LogP contribution in [0.15, 0.2) is 5.11 Å². The van der Waals surface area contributed by atoms with Crippen molar-refractivity contribution in [3.63, 3.8) is 0 Å². The Morgan fingerprint density at radius 2 is 1.87 bits per heavy atom. The first-order valence-electron chi connectivity index (χ1n) is 9.54. The lowest BCUT2D eigenvalue weighted by molar-refractivity contribution is -0.165. The first kappa shape index (κ1) is 25.2. The van der Waals surface area contributed by atoms with Crippen LogP contribution in [-0.2, 0) is 14.4 Å². The van der Waals surface area contributed by atoms with E-state index < -0.39 is 60.6 Å². The van der Waals surface area contributed by atoms with Gasteiger partial charge in [-0.05, 0) is 24.8 Å². The molecule has 0 saturated heterocycles. The summed E-state index contributed by atoms with van der Waals surface area (Å²) in [7, 11) is 0. The molecular weight excluding hydrogens is 398 g/mol. The highest BCUT2D eigenvalue weighted by atomic mass is 16.4. The summed E-state index contributed by atoms with van der Waals surface area (Å²) in [6.45, 7) is -0.401. The van der Waals surface area contributed by atoms with Crippen molar-refractivity contribution in [2.24, 2.45) is 11.0 Å². The molecule has 166 valence electrons. The molecule has 0 aromatic heterocycles. The molecule has 30 heavy (non-hydrogen) atoms. The number of rotatable bonds is 11. The third-order valence-electron chi connectivity index (χ3n) is 4.88. The number of aliphatic carboxylic acids is 1. The standard InChI is InChI=1S/C18H27N5O7/c1-2-3-4-5-6-7-13(24)21-12(9-20-23-19)17(28)22-11-8-10(18(29)30)14(25)16(27)15(11)26/h1,10-12,14-16,25-27H,3-9H2,(H,21,24)(H,22,28)(H,29,30). The van der Waals surface area contributed by atoms with Gasteiger partial charge in [-0.2, -0.15) is 0 Å². The minimum absolute atomic E-state index is 0.128. The fraction of sp³-hybridized carbons (Fsp3) is 0.722. The highest BCUT2D eigenvalue weighted by molar-refractivity contribution is 5.88. The molecule has 0 radical (unpaired) electrons. The van der Waals surface area contributed by atoms with Crippen LogP contribution in [0.4, 0.5) is 0 Å². The van der Waals surface area contributed by atoms with Crippen molar-refractivity contribution < 1.29 is 34.8 Å². The second kappa shape index (κ2) is 12.7. The summed E-state index contributed by atoms with van der Waals surface area (Å²) >= 11 is 0. The van der Waals surface area contributed by atoms with Gasteiger partial charge < -0.3 is 31.1 Å². The lowest BCUT2D eigenvalue weighted by atomic mass is 9.79. The molecule has 0 bridgehead atoms. The number of unbranched alkanes of at least 4 members (excludes halogenated alkanes) is 3. The van der Waals surface area contributed by atoms with E-state index in [1.165, 1.54) is 0 Å². The molecule has 6 atom stereocenters. The Morgan fingerprint density at radius 3 is 2.47 bits per heavy atom. The van der Waals surface area contributed by atoms with Gasteiger partial charge in [0.15, 0.2) is 0 Å². The van der Waals surface area contributed by atoms with E-state index in [1.807, 2.05) is 0 Å². The summed E-state index contributed by atoms with van der Waals surface area (Å²) < 4.78 is 0. The van der Waals surface area contributed by atoms with E-state index in [4.69, 9.17) is 17.1 Å². The fourth-order valence-corrected chi connectivity index (χ4v) is 3.17. The number of aliphatic hydroxyl groups excluding tert-OH is 3. The van der Waals surface area contributed by atoms with Crippen molar-refractivity contribution in [2.45, 2.75) is 68.9 Å². The maximum Gasteiger partial charge on any atom is 0.309 e. The molecule has 0 aromatic rings. The van der Waals surface area contributed by atoms with Crippen molar-refractivity contribution in [3.05, 3.63) is 10.4 Å². The predicted octanol–water partition coefficient (Wildman–Crippen LogP) is -0.963. The Balaban J connectivity index is 2.73. The summed E-state index contributed by atoms with van der Waals surface area (Å²) in [5.41, 5.74) is 8.51. The van der Waals surface area contributed by atoms with Gasteiger partial charge in [-0.15, -0.1) is 12.3 Å². The van der Waals surface area contributed by atoms with E-state index in [0.29, 0.717) is 12.8 Å². The van der Waals surface area contributed by atoms with Crippen LogP contribution >= 0.6 is 0 Å². The largest absolute Gasteiger partial charge is 0.481 e. The van der Waals surface area contributed by atoms with Crippen LogP contribution in [0.2, 0.25) is 0 Å². The Morgan fingerprint density at radius 1 is 1.17 bits per heavy atom. The van der Waals surface area contributed by atoms with Gasteiger partial charge in [-0.25, -0.2) is 0 Å². The average molecular weight is 425 g/mol. The highest BCUT2D eigenvalue weighted by Crippen LogP contribution is 2.26. The van der Waals surface area contributed by atoms with Gasteiger partial charge in [0.2, 0.25) is 11.8 Å². The zero-order valence-electron chi connectivity index (χ0n) is 16.3.